The van der Waals surface area contributed by atoms with Crippen molar-refractivity contribution in [2.24, 2.45) is 5.73 Å². The zero-order chi connectivity index (χ0) is 15.6. The van der Waals surface area contributed by atoms with Crippen LogP contribution in [0.25, 0.3) is 5.69 Å². The Morgan fingerprint density at radius 2 is 2.00 bits per heavy atom. The van der Waals surface area contributed by atoms with Gasteiger partial charge < -0.3 is 10.5 Å². The van der Waals surface area contributed by atoms with Crippen molar-refractivity contribution in [3.63, 3.8) is 0 Å². The predicted molar refractivity (Wildman–Crippen MR) is 76.6 cm³/mol. The van der Waals surface area contributed by atoms with Gasteiger partial charge in [-0.3, -0.25) is 0 Å². The van der Waals surface area contributed by atoms with Crippen LogP contribution in [0.2, 0.25) is 0 Å². The first-order chi connectivity index (χ1) is 9.95. The summed E-state index contributed by atoms with van der Waals surface area (Å²) in [6, 6.07) is 5.08. The van der Waals surface area contributed by atoms with Crippen LogP contribution in [0.4, 0.5) is 4.39 Å². The summed E-state index contributed by atoms with van der Waals surface area (Å²) in [5.74, 6) is -0.800. The van der Waals surface area contributed by atoms with Gasteiger partial charge in [0.25, 0.3) is 0 Å². The van der Waals surface area contributed by atoms with Crippen LogP contribution >= 0.6 is 0 Å². The molecule has 5 nitrogen and oxygen atoms in total. The highest BCUT2D eigenvalue weighted by atomic mass is 19.1. The molecule has 0 aliphatic heterocycles. The number of benzene rings is 1. The van der Waals surface area contributed by atoms with E-state index in [2.05, 4.69) is 5.10 Å². The molecule has 21 heavy (non-hydrogen) atoms. The van der Waals surface area contributed by atoms with E-state index in [9.17, 15) is 9.18 Å². The maximum Gasteiger partial charge on any atom is 0.327 e. The topological polar surface area (TPSA) is 70.1 Å². The van der Waals surface area contributed by atoms with Gasteiger partial charge in [-0.05, 0) is 45.0 Å². The second-order valence-electron chi connectivity index (χ2n) is 4.70. The van der Waals surface area contributed by atoms with E-state index in [4.69, 9.17) is 10.5 Å². The third-order valence-corrected chi connectivity index (χ3v) is 3.27. The summed E-state index contributed by atoms with van der Waals surface area (Å²) in [6.07, 6.45) is 0. The normalized spacial score (nSPS) is 12.2. The van der Waals surface area contributed by atoms with E-state index < -0.39 is 12.0 Å². The monoisotopic (exact) mass is 291 g/mol. The average Bonchev–Trinajstić information content (AvgIpc) is 2.74. The number of carbonyl (C=O) groups is 1. The molecule has 2 N–H and O–H groups in total. The van der Waals surface area contributed by atoms with E-state index in [0.717, 1.165) is 5.69 Å². The first-order valence-electron chi connectivity index (χ1n) is 6.70. The van der Waals surface area contributed by atoms with Crippen molar-refractivity contribution in [3.05, 3.63) is 47.0 Å². The molecule has 0 saturated heterocycles. The van der Waals surface area contributed by atoms with Crippen LogP contribution in [0.3, 0.4) is 0 Å². The maximum absolute atomic E-state index is 13.0. The minimum Gasteiger partial charge on any atom is -0.465 e. The summed E-state index contributed by atoms with van der Waals surface area (Å²) in [6.45, 7) is 5.60. The van der Waals surface area contributed by atoms with E-state index in [-0.39, 0.29) is 12.4 Å². The van der Waals surface area contributed by atoms with Gasteiger partial charge in [0, 0.05) is 11.3 Å². The SMILES string of the molecule is CCOC(=O)[C@@H](N)c1c(C)nn(-c2ccc(F)cc2)c1C. The van der Waals surface area contributed by atoms with Crippen LogP contribution in [-0.4, -0.2) is 22.4 Å². The van der Waals surface area contributed by atoms with Gasteiger partial charge in [0.15, 0.2) is 0 Å². The van der Waals surface area contributed by atoms with Crippen molar-refractivity contribution >= 4 is 5.97 Å². The number of rotatable bonds is 4. The molecule has 0 bridgehead atoms. The molecule has 2 aromatic rings. The summed E-state index contributed by atoms with van der Waals surface area (Å²) >= 11 is 0. The van der Waals surface area contributed by atoms with Crippen LogP contribution in [0.15, 0.2) is 24.3 Å². The van der Waals surface area contributed by atoms with Gasteiger partial charge >= 0.3 is 5.97 Å². The molecule has 1 heterocycles. The van der Waals surface area contributed by atoms with Gasteiger partial charge in [-0.25, -0.2) is 13.9 Å². The summed E-state index contributed by atoms with van der Waals surface area (Å²) in [5, 5.41) is 4.38. The minimum absolute atomic E-state index is 0.275. The van der Waals surface area contributed by atoms with E-state index in [0.29, 0.717) is 16.9 Å². The van der Waals surface area contributed by atoms with E-state index >= 15 is 0 Å². The number of halogens is 1. The molecule has 0 radical (unpaired) electrons. The molecule has 0 unspecified atom stereocenters. The van der Waals surface area contributed by atoms with Crippen molar-refractivity contribution < 1.29 is 13.9 Å². The highest BCUT2D eigenvalue weighted by Crippen LogP contribution is 2.23. The smallest absolute Gasteiger partial charge is 0.327 e. The number of aromatic nitrogens is 2. The molecule has 1 aromatic heterocycles. The molecule has 6 heteroatoms. The molecule has 0 aliphatic rings. The average molecular weight is 291 g/mol. The summed E-state index contributed by atoms with van der Waals surface area (Å²) < 4.78 is 19.6. The second kappa shape index (κ2) is 6.05. The molecule has 112 valence electrons. The van der Waals surface area contributed by atoms with Crippen molar-refractivity contribution in [2.45, 2.75) is 26.8 Å². The third-order valence-electron chi connectivity index (χ3n) is 3.27. The number of carbonyl (C=O) groups excluding carboxylic acids is 1. The molecule has 2 rings (SSSR count). The molecule has 0 spiro atoms. The number of hydrogen-bond donors (Lipinski definition) is 1. The first kappa shape index (κ1) is 15.2. The summed E-state index contributed by atoms with van der Waals surface area (Å²) in [4.78, 5) is 11.8. The fourth-order valence-corrected chi connectivity index (χ4v) is 2.29. The number of esters is 1. The van der Waals surface area contributed by atoms with Gasteiger partial charge in [0.05, 0.1) is 18.0 Å². The zero-order valence-corrected chi connectivity index (χ0v) is 12.3. The standard InChI is InChI=1S/C15H18FN3O2/c1-4-21-15(20)14(17)13-9(2)18-19(10(13)3)12-7-5-11(16)6-8-12/h5-8,14H,4,17H2,1-3H3/t14-/m0/s1. The van der Waals surface area contributed by atoms with Crippen LogP contribution in [-0.2, 0) is 9.53 Å². The van der Waals surface area contributed by atoms with Crippen LogP contribution in [0.5, 0.6) is 0 Å². The second-order valence-corrected chi connectivity index (χ2v) is 4.70. The molecule has 1 aromatic carbocycles. The van der Waals surface area contributed by atoms with Crippen molar-refractivity contribution in [1.82, 2.24) is 9.78 Å². The van der Waals surface area contributed by atoms with Crippen LogP contribution < -0.4 is 5.73 Å². The van der Waals surface area contributed by atoms with Gasteiger partial charge in [0.2, 0.25) is 0 Å². The van der Waals surface area contributed by atoms with E-state index in [1.807, 2.05) is 6.92 Å². The third kappa shape index (κ3) is 2.95. The van der Waals surface area contributed by atoms with E-state index in [1.165, 1.54) is 12.1 Å². The quantitative estimate of drug-likeness (QED) is 0.877. The molecule has 0 aliphatic carbocycles. The highest BCUT2D eigenvalue weighted by molar-refractivity contribution is 5.78. The molecule has 0 amide bonds. The number of aryl methyl sites for hydroxylation is 1. The Kier molecular flexibility index (Phi) is 4.37. The fraction of sp³-hybridized carbons (Fsp3) is 0.333. The lowest BCUT2D eigenvalue weighted by atomic mass is 10.1. The lowest BCUT2D eigenvalue weighted by Crippen LogP contribution is -2.24. The first-order valence-corrected chi connectivity index (χ1v) is 6.70. The van der Waals surface area contributed by atoms with Gasteiger partial charge in [0.1, 0.15) is 11.9 Å². The predicted octanol–water partition coefficient (Wildman–Crippen LogP) is 2.19. The Hall–Kier alpha value is -2.21. The Bertz CT molecular complexity index is 650. The molecular formula is C15H18FN3O2. The fourth-order valence-electron chi connectivity index (χ4n) is 2.29. The highest BCUT2D eigenvalue weighted by Gasteiger charge is 2.25. The number of ether oxygens (including phenoxy) is 1. The number of nitrogens with zero attached hydrogens (tertiary/aromatic N) is 2. The lowest BCUT2D eigenvalue weighted by molar-refractivity contribution is -0.144. The maximum atomic E-state index is 13.0. The Morgan fingerprint density at radius 3 is 2.57 bits per heavy atom. The van der Waals surface area contributed by atoms with Crippen molar-refractivity contribution in [2.75, 3.05) is 6.61 Å². The van der Waals surface area contributed by atoms with Gasteiger partial charge in [-0.1, -0.05) is 0 Å². The van der Waals surface area contributed by atoms with E-state index in [1.54, 1.807) is 30.7 Å². The largest absolute Gasteiger partial charge is 0.465 e. The summed E-state index contributed by atoms with van der Waals surface area (Å²) in [5.41, 5.74) is 8.68. The Morgan fingerprint density at radius 1 is 1.38 bits per heavy atom. The molecule has 0 fully saturated rings. The lowest BCUT2D eigenvalue weighted by Gasteiger charge is -2.11. The molecular weight excluding hydrogens is 273 g/mol. The molecule has 1 atom stereocenters. The summed E-state index contributed by atoms with van der Waals surface area (Å²) in [7, 11) is 0. The Labute approximate surface area is 122 Å². The van der Waals surface area contributed by atoms with Gasteiger partial charge in [-0.2, -0.15) is 5.10 Å². The number of nitrogens with two attached hydrogens (primary N) is 1. The van der Waals surface area contributed by atoms with Crippen LogP contribution in [0.1, 0.15) is 29.9 Å². The molecule has 0 saturated carbocycles. The van der Waals surface area contributed by atoms with Crippen LogP contribution in [0, 0.1) is 19.7 Å². The number of hydrogen-bond acceptors (Lipinski definition) is 4. The van der Waals surface area contributed by atoms with Crippen molar-refractivity contribution in [3.8, 4) is 5.69 Å². The Balaban J connectivity index is 2.42. The van der Waals surface area contributed by atoms with Crippen molar-refractivity contribution in [1.29, 1.82) is 0 Å². The minimum atomic E-state index is -0.876. The zero-order valence-electron chi connectivity index (χ0n) is 12.3. The van der Waals surface area contributed by atoms with Gasteiger partial charge in [-0.15, -0.1) is 0 Å².